The Kier molecular flexibility index (Phi) is 5.53. The number of amides is 1. The number of rotatable bonds is 5. The predicted molar refractivity (Wildman–Crippen MR) is 102 cm³/mol. The van der Waals surface area contributed by atoms with Gasteiger partial charge in [0.1, 0.15) is 5.82 Å². The van der Waals surface area contributed by atoms with Crippen LogP contribution in [0.25, 0.3) is 0 Å². The molecule has 4 nitrogen and oxygen atoms in total. The van der Waals surface area contributed by atoms with Crippen LogP contribution in [0.4, 0.5) is 11.5 Å². The van der Waals surface area contributed by atoms with Gasteiger partial charge in [0.05, 0.1) is 0 Å². The molecule has 2 N–H and O–H groups in total. The van der Waals surface area contributed by atoms with Gasteiger partial charge in [0.15, 0.2) is 0 Å². The van der Waals surface area contributed by atoms with Crippen LogP contribution >= 0.6 is 23.2 Å². The SMILES string of the molecule is O=C(NCc1ccc(Cl)cc1)c1ccnc(Nc2ccc(Cl)cc2)c1. The molecule has 126 valence electrons. The zero-order valence-electron chi connectivity index (χ0n) is 13.2. The van der Waals surface area contributed by atoms with Gasteiger partial charge in [-0.05, 0) is 54.1 Å². The number of carbonyl (C=O) groups is 1. The molecule has 0 radical (unpaired) electrons. The van der Waals surface area contributed by atoms with Crippen molar-refractivity contribution < 1.29 is 4.79 Å². The summed E-state index contributed by atoms with van der Waals surface area (Å²) in [6.07, 6.45) is 1.59. The van der Waals surface area contributed by atoms with Crippen molar-refractivity contribution in [1.82, 2.24) is 10.3 Å². The maximum atomic E-state index is 12.3. The molecule has 1 heterocycles. The van der Waals surface area contributed by atoms with Gasteiger partial charge >= 0.3 is 0 Å². The number of anilines is 2. The van der Waals surface area contributed by atoms with E-state index in [1.165, 1.54) is 0 Å². The molecule has 25 heavy (non-hydrogen) atoms. The molecule has 0 spiro atoms. The fraction of sp³-hybridized carbons (Fsp3) is 0.0526. The van der Waals surface area contributed by atoms with E-state index < -0.39 is 0 Å². The summed E-state index contributed by atoms with van der Waals surface area (Å²) in [5, 5.41) is 7.35. The molecular weight excluding hydrogens is 357 g/mol. The Hall–Kier alpha value is -2.56. The lowest BCUT2D eigenvalue weighted by atomic mass is 10.2. The lowest BCUT2D eigenvalue weighted by Crippen LogP contribution is -2.22. The van der Waals surface area contributed by atoms with Crippen LogP contribution in [0.2, 0.25) is 10.0 Å². The highest BCUT2D eigenvalue weighted by atomic mass is 35.5. The Morgan fingerprint density at radius 1 is 0.920 bits per heavy atom. The highest BCUT2D eigenvalue weighted by Crippen LogP contribution is 2.18. The molecule has 0 aliphatic rings. The van der Waals surface area contributed by atoms with Crippen LogP contribution < -0.4 is 10.6 Å². The van der Waals surface area contributed by atoms with Crippen molar-refractivity contribution in [1.29, 1.82) is 0 Å². The number of aromatic nitrogens is 1. The monoisotopic (exact) mass is 371 g/mol. The van der Waals surface area contributed by atoms with Gasteiger partial charge in [-0.3, -0.25) is 4.79 Å². The molecule has 0 atom stereocenters. The summed E-state index contributed by atoms with van der Waals surface area (Å²) in [5.41, 5.74) is 2.35. The standard InChI is InChI=1S/C19H15Cl2N3O/c20-15-3-1-13(2-4-15)12-23-19(25)14-9-10-22-18(11-14)24-17-7-5-16(21)6-8-17/h1-11H,12H2,(H,22,24)(H,23,25). The van der Waals surface area contributed by atoms with Gasteiger partial charge in [-0.25, -0.2) is 4.98 Å². The minimum absolute atomic E-state index is 0.170. The molecular formula is C19H15Cl2N3O. The van der Waals surface area contributed by atoms with Crippen molar-refractivity contribution in [2.24, 2.45) is 0 Å². The van der Waals surface area contributed by atoms with Crippen molar-refractivity contribution >= 4 is 40.6 Å². The zero-order chi connectivity index (χ0) is 17.6. The number of hydrogen-bond donors (Lipinski definition) is 2. The van der Waals surface area contributed by atoms with Crippen LogP contribution in [0, 0.1) is 0 Å². The Balaban J connectivity index is 1.64. The van der Waals surface area contributed by atoms with Crippen molar-refractivity contribution in [3.05, 3.63) is 88.0 Å². The van der Waals surface area contributed by atoms with Crippen molar-refractivity contribution in [2.45, 2.75) is 6.54 Å². The molecule has 1 amide bonds. The maximum absolute atomic E-state index is 12.3. The average Bonchev–Trinajstić information content (AvgIpc) is 2.63. The van der Waals surface area contributed by atoms with Crippen molar-refractivity contribution in [3.8, 4) is 0 Å². The third-order valence-electron chi connectivity index (χ3n) is 3.51. The third kappa shape index (κ3) is 4.95. The van der Waals surface area contributed by atoms with Crippen LogP contribution in [-0.2, 0) is 6.54 Å². The summed E-state index contributed by atoms with van der Waals surface area (Å²) in [4.78, 5) is 16.6. The summed E-state index contributed by atoms with van der Waals surface area (Å²) in [6, 6.07) is 18.0. The van der Waals surface area contributed by atoms with E-state index >= 15 is 0 Å². The maximum Gasteiger partial charge on any atom is 0.251 e. The first kappa shape index (κ1) is 17.3. The highest BCUT2D eigenvalue weighted by Gasteiger charge is 2.07. The lowest BCUT2D eigenvalue weighted by molar-refractivity contribution is 0.0951. The third-order valence-corrected chi connectivity index (χ3v) is 4.01. The fourth-order valence-corrected chi connectivity index (χ4v) is 2.46. The van der Waals surface area contributed by atoms with Crippen molar-refractivity contribution in [2.75, 3.05) is 5.32 Å². The van der Waals surface area contributed by atoms with Gasteiger partial charge in [0, 0.05) is 34.0 Å². The molecule has 0 fully saturated rings. The molecule has 3 rings (SSSR count). The Labute approximate surface area is 155 Å². The second-order valence-electron chi connectivity index (χ2n) is 5.37. The molecule has 0 aliphatic carbocycles. The van der Waals surface area contributed by atoms with E-state index in [4.69, 9.17) is 23.2 Å². The molecule has 3 aromatic rings. The van der Waals surface area contributed by atoms with E-state index in [1.54, 1.807) is 42.6 Å². The zero-order valence-corrected chi connectivity index (χ0v) is 14.7. The first-order valence-corrected chi connectivity index (χ1v) is 8.37. The van der Waals surface area contributed by atoms with E-state index in [1.807, 2.05) is 24.3 Å². The van der Waals surface area contributed by atoms with Gasteiger partial charge in [0.2, 0.25) is 0 Å². The smallest absolute Gasteiger partial charge is 0.251 e. The molecule has 0 saturated carbocycles. The van der Waals surface area contributed by atoms with E-state index in [0.29, 0.717) is 28.0 Å². The first-order chi connectivity index (χ1) is 12.1. The van der Waals surface area contributed by atoms with E-state index in [9.17, 15) is 4.79 Å². The van der Waals surface area contributed by atoms with Crippen LogP contribution in [0.1, 0.15) is 15.9 Å². The van der Waals surface area contributed by atoms with E-state index in [0.717, 1.165) is 11.3 Å². The van der Waals surface area contributed by atoms with Crippen LogP contribution in [-0.4, -0.2) is 10.9 Å². The summed E-state index contributed by atoms with van der Waals surface area (Å²) in [5.74, 6) is 0.415. The Morgan fingerprint density at radius 2 is 1.56 bits per heavy atom. The minimum Gasteiger partial charge on any atom is -0.348 e. The molecule has 0 saturated heterocycles. The number of hydrogen-bond acceptors (Lipinski definition) is 3. The van der Waals surface area contributed by atoms with Gasteiger partial charge < -0.3 is 10.6 Å². The summed E-state index contributed by atoms with van der Waals surface area (Å²) in [6.45, 7) is 0.429. The quantitative estimate of drug-likeness (QED) is 0.658. The van der Waals surface area contributed by atoms with Crippen LogP contribution in [0.5, 0.6) is 0 Å². The summed E-state index contributed by atoms with van der Waals surface area (Å²) in [7, 11) is 0. The van der Waals surface area contributed by atoms with Crippen molar-refractivity contribution in [3.63, 3.8) is 0 Å². The number of nitrogens with zero attached hydrogens (tertiary/aromatic N) is 1. The lowest BCUT2D eigenvalue weighted by Gasteiger charge is -2.09. The Morgan fingerprint density at radius 3 is 2.24 bits per heavy atom. The molecule has 0 unspecified atom stereocenters. The number of halogens is 2. The van der Waals surface area contributed by atoms with Gasteiger partial charge in [-0.2, -0.15) is 0 Å². The van der Waals surface area contributed by atoms with Gasteiger partial charge in [0.25, 0.3) is 5.91 Å². The fourth-order valence-electron chi connectivity index (χ4n) is 2.21. The second-order valence-corrected chi connectivity index (χ2v) is 6.24. The number of nitrogens with one attached hydrogen (secondary N) is 2. The highest BCUT2D eigenvalue weighted by molar-refractivity contribution is 6.30. The van der Waals surface area contributed by atoms with Gasteiger partial charge in [-0.15, -0.1) is 0 Å². The first-order valence-electron chi connectivity index (χ1n) is 7.61. The molecule has 6 heteroatoms. The second kappa shape index (κ2) is 8.01. The topological polar surface area (TPSA) is 54.0 Å². The average molecular weight is 372 g/mol. The molecule has 2 aromatic carbocycles. The summed E-state index contributed by atoms with van der Waals surface area (Å²) < 4.78 is 0. The number of benzene rings is 2. The largest absolute Gasteiger partial charge is 0.348 e. The van der Waals surface area contributed by atoms with Crippen LogP contribution in [0.15, 0.2) is 66.9 Å². The normalized spacial score (nSPS) is 10.3. The van der Waals surface area contributed by atoms with E-state index in [2.05, 4.69) is 15.6 Å². The van der Waals surface area contributed by atoms with Gasteiger partial charge in [-0.1, -0.05) is 35.3 Å². The number of carbonyl (C=O) groups excluding carboxylic acids is 1. The Bertz CT molecular complexity index is 865. The number of pyridine rings is 1. The van der Waals surface area contributed by atoms with Crippen LogP contribution in [0.3, 0.4) is 0 Å². The predicted octanol–water partition coefficient (Wildman–Crippen LogP) is 5.06. The minimum atomic E-state index is -0.170. The van der Waals surface area contributed by atoms with E-state index in [-0.39, 0.29) is 5.91 Å². The molecule has 0 bridgehead atoms. The summed E-state index contributed by atoms with van der Waals surface area (Å²) >= 11 is 11.7. The molecule has 1 aromatic heterocycles. The molecule has 0 aliphatic heterocycles.